The van der Waals surface area contributed by atoms with Crippen LogP contribution in [0.1, 0.15) is 29.5 Å². The maximum Gasteiger partial charge on any atom is 0.338 e. The van der Waals surface area contributed by atoms with E-state index in [-0.39, 0.29) is 11.1 Å². The summed E-state index contributed by atoms with van der Waals surface area (Å²) >= 11 is 0. The Kier molecular flexibility index (Phi) is 4.70. The maximum absolute atomic E-state index is 12.4. The molecule has 0 saturated heterocycles. The standard InChI is InChI=1S/C17H18N4O5/c1-9(14(22)20-17(25)18-2)26-16(24)10-5-6-11-12(8-10)19-13-4-3-7-21(13)15(11)23/h5-6,8-9H,3-4,7H2,1-2H3,(H2,18,20,22,25)/t9-/m0/s1. The van der Waals surface area contributed by atoms with E-state index in [0.29, 0.717) is 23.3 Å². The minimum atomic E-state index is -1.16. The third kappa shape index (κ3) is 3.28. The van der Waals surface area contributed by atoms with Crippen molar-refractivity contribution in [3.63, 3.8) is 0 Å². The van der Waals surface area contributed by atoms with Gasteiger partial charge in [0.2, 0.25) is 0 Å². The van der Waals surface area contributed by atoms with Crippen LogP contribution in [0, 0.1) is 0 Å². The van der Waals surface area contributed by atoms with Crippen LogP contribution in [0.15, 0.2) is 23.0 Å². The lowest BCUT2D eigenvalue weighted by atomic mass is 10.1. The highest BCUT2D eigenvalue weighted by Crippen LogP contribution is 2.17. The average molecular weight is 358 g/mol. The number of imide groups is 1. The molecule has 9 heteroatoms. The molecule has 26 heavy (non-hydrogen) atoms. The topological polar surface area (TPSA) is 119 Å². The molecule has 3 amide bonds. The largest absolute Gasteiger partial charge is 0.449 e. The molecule has 1 aromatic carbocycles. The van der Waals surface area contributed by atoms with Crippen LogP contribution in [-0.4, -0.2) is 40.6 Å². The Morgan fingerprint density at radius 3 is 2.81 bits per heavy atom. The highest BCUT2D eigenvalue weighted by molar-refractivity contribution is 5.99. The summed E-state index contributed by atoms with van der Waals surface area (Å²) in [5.74, 6) is -0.784. The van der Waals surface area contributed by atoms with Gasteiger partial charge in [-0.2, -0.15) is 0 Å². The number of hydrogen-bond donors (Lipinski definition) is 2. The smallest absolute Gasteiger partial charge is 0.338 e. The number of aryl methyl sites for hydroxylation is 1. The minimum Gasteiger partial charge on any atom is -0.449 e. The first kappa shape index (κ1) is 17.6. The summed E-state index contributed by atoms with van der Waals surface area (Å²) in [6.07, 6.45) is 0.427. The van der Waals surface area contributed by atoms with Gasteiger partial charge < -0.3 is 10.1 Å². The van der Waals surface area contributed by atoms with E-state index in [1.54, 1.807) is 4.57 Å². The Labute approximate surface area is 148 Å². The molecule has 0 aliphatic carbocycles. The van der Waals surface area contributed by atoms with Gasteiger partial charge in [-0.05, 0) is 31.5 Å². The van der Waals surface area contributed by atoms with Gasteiger partial charge >= 0.3 is 12.0 Å². The zero-order valence-corrected chi connectivity index (χ0v) is 14.4. The van der Waals surface area contributed by atoms with Crippen molar-refractivity contribution in [2.75, 3.05) is 7.05 Å². The number of amides is 3. The molecule has 2 heterocycles. The molecule has 1 aliphatic heterocycles. The molecule has 0 saturated carbocycles. The van der Waals surface area contributed by atoms with Crippen LogP contribution in [-0.2, 0) is 22.5 Å². The molecular formula is C17H18N4O5. The molecule has 2 N–H and O–H groups in total. The molecule has 3 rings (SSSR count). The fourth-order valence-electron chi connectivity index (χ4n) is 2.77. The molecule has 1 atom stereocenters. The number of carbonyl (C=O) groups is 3. The lowest BCUT2D eigenvalue weighted by Gasteiger charge is -2.13. The van der Waals surface area contributed by atoms with Crippen molar-refractivity contribution < 1.29 is 19.1 Å². The van der Waals surface area contributed by atoms with Crippen LogP contribution in [0.5, 0.6) is 0 Å². The molecule has 2 aromatic rings. The first-order valence-electron chi connectivity index (χ1n) is 8.17. The third-order valence-corrected chi connectivity index (χ3v) is 4.17. The van der Waals surface area contributed by atoms with Crippen LogP contribution in [0.25, 0.3) is 10.9 Å². The quantitative estimate of drug-likeness (QED) is 0.764. The van der Waals surface area contributed by atoms with E-state index in [4.69, 9.17) is 4.74 Å². The Morgan fingerprint density at radius 2 is 2.08 bits per heavy atom. The van der Waals surface area contributed by atoms with E-state index in [0.717, 1.165) is 12.8 Å². The lowest BCUT2D eigenvalue weighted by molar-refractivity contribution is -0.127. The monoisotopic (exact) mass is 358 g/mol. The molecule has 9 nitrogen and oxygen atoms in total. The third-order valence-electron chi connectivity index (χ3n) is 4.17. The number of ether oxygens (including phenoxy) is 1. The van der Waals surface area contributed by atoms with Crippen LogP contribution < -0.4 is 16.2 Å². The number of aromatic nitrogens is 2. The van der Waals surface area contributed by atoms with Crippen molar-refractivity contribution in [1.29, 1.82) is 0 Å². The van der Waals surface area contributed by atoms with Gasteiger partial charge in [-0.15, -0.1) is 0 Å². The van der Waals surface area contributed by atoms with Gasteiger partial charge in [0.15, 0.2) is 6.10 Å². The first-order valence-corrected chi connectivity index (χ1v) is 8.17. The van der Waals surface area contributed by atoms with Crippen molar-refractivity contribution in [2.24, 2.45) is 0 Å². The number of urea groups is 1. The zero-order valence-electron chi connectivity index (χ0n) is 14.4. The summed E-state index contributed by atoms with van der Waals surface area (Å²) in [4.78, 5) is 52.0. The van der Waals surface area contributed by atoms with Crippen molar-refractivity contribution in [3.05, 3.63) is 39.9 Å². The summed E-state index contributed by atoms with van der Waals surface area (Å²) in [6.45, 7) is 2.01. The number of fused-ring (bicyclic) bond motifs is 2. The first-order chi connectivity index (χ1) is 12.4. The molecule has 136 valence electrons. The molecule has 1 aromatic heterocycles. The molecule has 0 bridgehead atoms. The van der Waals surface area contributed by atoms with Gasteiger partial charge in [-0.1, -0.05) is 0 Å². The molecule has 1 aliphatic rings. The number of benzene rings is 1. The van der Waals surface area contributed by atoms with Gasteiger partial charge in [0.25, 0.3) is 11.5 Å². The number of nitrogens with zero attached hydrogens (tertiary/aromatic N) is 2. The van der Waals surface area contributed by atoms with Crippen LogP contribution in [0.2, 0.25) is 0 Å². The SMILES string of the molecule is CNC(=O)NC(=O)[C@H](C)OC(=O)c1ccc2c(=O)n3c(nc2c1)CCC3. The van der Waals surface area contributed by atoms with Crippen LogP contribution in [0.4, 0.5) is 4.79 Å². The molecule has 0 unspecified atom stereocenters. The van der Waals surface area contributed by atoms with E-state index in [2.05, 4.69) is 10.3 Å². The second-order valence-corrected chi connectivity index (χ2v) is 5.94. The van der Waals surface area contributed by atoms with Gasteiger partial charge in [0.1, 0.15) is 5.82 Å². The van der Waals surface area contributed by atoms with E-state index in [1.165, 1.54) is 32.2 Å². The van der Waals surface area contributed by atoms with Crippen molar-refractivity contribution in [1.82, 2.24) is 20.2 Å². The molecular weight excluding hydrogens is 340 g/mol. The number of carbonyl (C=O) groups excluding carboxylic acids is 3. The van der Waals surface area contributed by atoms with Crippen LogP contribution >= 0.6 is 0 Å². The highest BCUT2D eigenvalue weighted by Gasteiger charge is 2.22. The molecule has 0 fully saturated rings. The Morgan fingerprint density at radius 1 is 1.31 bits per heavy atom. The normalized spacial score (nSPS) is 13.8. The van der Waals surface area contributed by atoms with Crippen molar-refractivity contribution >= 4 is 28.8 Å². The molecule has 0 spiro atoms. The van der Waals surface area contributed by atoms with E-state index < -0.39 is 24.0 Å². The average Bonchev–Trinajstić information content (AvgIpc) is 3.09. The van der Waals surface area contributed by atoms with E-state index in [9.17, 15) is 19.2 Å². The Bertz CT molecular complexity index is 966. The number of nitrogens with one attached hydrogen (secondary N) is 2. The van der Waals surface area contributed by atoms with Gasteiger partial charge in [-0.25, -0.2) is 14.6 Å². The second kappa shape index (κ2) is 6.95. The second-order valence-electron chi connectivity index (χ2n) is 5.94. The number of hydrogen-bond acceptors (Lipinski definition) is 6. The number of esters is 1. The highest BCUT2D eigenvalue weighted by atomic mass is 16.5. The lowest BCUT2D eigenvalue weighted by Crippen LogP contribution is -2.43. The number of rotatable bonds is 3. The summed E-state index contributed by atoms with van der Waals surface area (Å²) in [6, 6.07) is 3.77. The summed E-state index contributed by atoms with van der Waals surface area (Å²) in [5, 5.41) is 4.69. The summed E-state index contributed by atoms with van der Waals surface area (Å²) in [7, 11) is 1.36. The fourth-order valence-corrected chi connectivity index (χ4v) is 2.77. The molecule has 0 radical (unpaired) electrons. The fraction of sp³-hybridized carbons (Fsp3) is 0.353. The van der Waals surface area contributed by atoms with E-state index >= 15 is 0 Å². The van der Waals surface area contributed by atoms with Gasteiger partial charge in [-0.3, -0.25) is 19.5 Å². The Hall–Kier alpha value is -3.23. The van der Waals surface area contributed by atoms with Gasteiger partial charge in [0, 0.05) is 20.0 Å². The minimum absolute atomic E-state index is 0.124. The zero-order chi connectivity index (χ0) is 18.8. The van der Waals surface area contributed by atoms with Gasteiger partial charge in [0.05, 0.1) is 16.5 Å². The summed E-state index contributed by atoms with van der Waals surface area (Å²) in [5.41, 5.74) is 0.466. The van der Waals surface area contributed by atoms with Crippen molar-refractivity contribution in [3.8, 4) is 0 Å². The van der Waals surface area contributed by atoms with Crippen LogP contribution in [0.3, 0.4) is 0 Å². The predicted octanol–water partition coefficient (Wildman–Crippen LogP) is 0.344. The predicted molar refractivity (Wildman–Crippen MR) is 91.8 cm³/mol. The maximum atomic E-state index is 12.4. The van der Waals surface area contributed by atoms with Crippen molar-refractivity contribution in [2.45, 2.75) is 32.4 Å². The Balaban J connectivity index is 1.81. The summed E-state index contributed by atoms with van der Waals surface area (Å²) < 4.78 is 6.72. The van der Waals surface area contributed by atoms with E-state index in [1.807, 2.05) is 5.32 Å².